The van der Waals surface area contributed by atoms with E-state index in [1.807, 2.05) is 6.92 Å². The monoisotopic (exact) mass is 264 g/mol. The maximum absolute atomic E-state index is 11.0. The van der Waals surface area contributed by atoms with Gasteiger partial charge in [-0.25, -0.2) is 0 Å². The number of methoxy groups -OCH3 is 1. The number of fused-ring (bicyclic) bond motifs is 1. The fraction of sp³-hybridized carbons (Fsp3) is 0.417. The Morgan fingerprint density at radius 1 is 1.58 bits per heavy atom. The molecule has 0 saturated carbocycles. The molecule has 0 fully saturated rings. The van der Waals surface area contributed by atoms with Crippen molar-refractivity contribution in [3.8, 4) is 5.75 Å². The van der Waals surface area contributed by atoms with E-state index in [4.69, 9.17) is 10.5 Å². The van der Waals surface area contributed by atoms with Gasteiger partial charge in [0.1, 0.15) is 0 Å². The maximum atomic E-state index is 11.0. The lowest BCUT2D eigenvalue weighted by molar-refractivity contribution is -0.385. The third-order valence-corrected chi connectivity index (χ3v) is 2.94. The van der Waals surface area contributed by atoms with E-state index < -0.39 is 4.92 Å². The number of nitro groups is 1. The summed E-state index contributed by atoms with van der Waals surface area (Å²) >= 11 is 0. The Morgan fingerprint density at radius 3 is 2.89 bits per heavy atom. The van der Waals surface area contributed by atoms with E-state index in [2.05, 4.69) is 5.10 Å². The third-order valence-electron chi connectivity index (χ3n) is 2.94. The van der Waals surface area contributed by atoms with Crippen molar-refractivity contribution in [2.24, 2.45) is 5.73 Å². The highest BCUT2D eigenvalue weighted by Gasteiger charge is 2.18. The summed E-state index contributed by atoms with van der Waals surface area (Å²) in [6.45, 7) is 2.54. The molecule has 19 heavy (non-hydrogen) atoms. The number of benzene rings is 1. The summed E-state index contributed by atoms with van der Waals surface area (Å²) in [4.78, 5) is 10.5. The minimum Gasteiger partial charge on any atom is -0.490 e. The topological polar surface area (TPSA) is 96.2 Å². The molecule has 1 unspecified atom stereocenters. The number of rotatable bonds is 5. The van der Waals surface area contributed by atoms with Gasteiger partial charge in [0.2, 0.25) is 0 Å². The van der Waals surface area contributed by atoms with Gasteiger partial charge < -0.3 is 10.5 Å². The summed E-state index contributed by atoms with van der Waals surface area (Å²) in [5.41, 5.74) is 6.37. The fourth-order valence-corrected chi connectivity index (χ4v) is 1.90. The number of ether oxygens (including phenoxy) is 1. The first kappa shape index (κ1) is 13.3. The van der Waals surface area contributed by atoms with Crippen molar-refractivity contribution < 1.29 is 9.66 Å². The van der Waals surface area contributed by atoms with E-state index in [9.17, 15) is 10.1 Å². The van der Waals surface area contributed by atoms with Gasteiger partial charge in [-0.3, -0.25) is 14.8 Å². The summed E-state index contributed by atoms with van der Waals surface area (Å²) in [5, 5.41) is 16.0. The second kappa shape index (κ2) is 5.23. The van der Waals surface area contributed by atoms with E-state index >= 15 is 0 Å². The Balaban J connectivity index is 2.46. The van der Waals surface area contributed by atoms with Gasteiger partial charge in [0, 0.05) is 24.0 Å². The molecule has 2 rings (SSSR count). The number of aryl methyl sites for hydroxylation is 1. The molecule has 0 amide bonds. The number of aromatic nitrogens is 2. The summed E-state index contributed by atoms with van der Waals surface area (Å²) in [5.74, 6) is 0.240. The first-order chi connectivity index (χ1) is 9.02. The van der Waals surface area contributed by atoms with Gasteiger partial charge in [0.15, 0.2) is 5.75 Å². The zero-order valence-corrected chi connectivity index (χ0v) is 10.9. The van der Waals surface area contributed by atoms with Gasteiger partial charge in [0.05, 0.1) is 23.7 Å². The molecule has 7 nitrogen and oxygen atoms in total. The quantitative estimate of drug-likeness (QED) is 0.654. The van der Waals surface area contributed by atoms with Crippen LogP contribution >= 0.6 is 0 Å². The number of nitrogens with two attached hydrogens (primary N) is 1. The van der Waals surface area contributed by atoms with Crippen LogP contribution in [0.1, 0.15) is 13.3 Å². The first-order valence-electron chi connectivity index (χ1n) is 5.96. The summed E-state index contributed by atoms with van der Waals surface area (Å²) < 4.78 is 6.75. The highest BCUT2D eigenvalue weighted by Crippen LogP contribution is 2.31. The van der Waals surface area contributed by atoms with Crippen LogP contribution in [0.5, 0.6) is 5.75 Å². The third kappa shape index (κ3) is 2.65. The first-order valence-corrected chi connectivity index (χ1v) is 5.96. The van der Waals surface area contributed by atoms with Gasteiger partial charge in [-0.2, -0.15) is 5.10 Å². The van der Waals surface area contributed by atoms with Crippen LogP contribution in [-0.2, 0) is 6.54 Å². The van der Waals surface area contributed by atoms with Crippen LogP contribution in [0.2, 0.25) is 0 Å². The van der Waals surface area contributed by atoms with Gasteiger partial charge in [-0.05, 0) is 19.4 Å². The average molecular weight is 264 g/mol. The molecule has 2 N–H and O–H groups in total. The molecule has 0 aliphatic heterocycles. The Bertz CT molecular complexity index is 606. The lowest BCUT2D eigenvalue weighted by Gasteiger charge is -2.07. The lowest BCUT2D eigenvalue weighted by atomic mass is 10.2. The van der Waals surface area contributed by atoms with Gasteiger partial charge in [0.25, 0.3) is 0 Å². The van der Waals surface area contributed by atoms with Crippen LogP contribution in [0, 0.1) is 10.1 Å². The molecule has 0 radical (unpaired) electrons. The van der Waals surface area contributed by atoms with Crippen molar-refractivity contribution in [2.45, 2.75) is 25.9 Å². The second-order valence-corrected chi connectivity index (χ2v) is 4.47. The van der Waals surface area contributed by atoms with Crippen LogP contribution in [0.3, 0.4) is 0 Å². The minimum absolute atomic E-state index is 0.0578. The van der Waals surface area contributed by atoms with Crippen molar-refractivity contribution >= 4 is 16.6 Å². The second-order valence-electron chi connectivity index (χ2n) is 4.47. The van der Waals surface area contributed by atoms with Crippen molar-refractivity contribution in [3.63, 3.8) is 0 Å². The molecule has 1 atom stereocenters. The van der Waals surface area contributed by atoms with Gasteiger partial charge in [-0.1, -0.05) is 0 Å². The van der Waals surface area contributed by atoms with E-state index in [-0.39, 0.29) is 17.5 Å². The summed E-state index contributed by atoms with van der Waals surface area (Å²) in [7, 11) is 1.41. The van der Waals surface area contributed by atoms with Crippen molar-refractivity contribution in [3.05, 3.63) is 28.4 Å². The van der Waals surface area contributed by atoms with Crippen LogP contribution < -0.4 is 10.5 Å². The highest BCUT2D eigenvalue weighted by molar-refractivity contribution is 5.84. The van der Waals surface area contributed by atoms with Gasteiger partial charge in [-0.15, -0.1) is 0 Å². The molecule has 0 aliphatic rings. The molecule has 0 saturated heterocycles. The number of nitro benzene ring substituents is 1. The largest absolute Gasteiger partial charge is 0.490 e. The zero-order valence-electron chi connectivity index (χ0n) is 10.9. The van der Waals surface area contributed by atoms with Crippen LogP contribution in [-0.4, -0.2) is 27.9 Å². The van der Waals surface area contributed by atoms with Crippen LogP contribution in [0.25, 0.3) is 10.9 Å². The molecule has 0 aliphatic carbocycles. The molecule has 102 valence electrons. The van der Waals surface area contributed by atoms with Crippen molar-refractivity contribution in [1.82, 2.24) is 9.78 Å². The minimum atomic E-state index is -0.457. The molecule has 0 spiro atoms. The average Bonchev–Trinajstić information content (AvgIpc) is 2.76. The fourth-order valence-electron chi connectivity index (χ4n) is 1.90. The molecule has 1 aromatic heterocycles. The van der Waals surface area contributed by atoms with Gasteiger partial charge >= 0.3 is 5.69 Å². The Labute approximate surface area is 110 Å². The molecular formula is C12H16N4O3. The lowest BCUT2D eigenvalue weighted by Crippen LogP contribution is -2.17. The van der Waals surface area contributed by atoms with E-state index in [0.717, 1.165) is 11.8 Å². The number of hydrogen-bond acceptors (Lipinski definition) is 5. The molecule has 1 aromatic carbocycles. The Morgan fingerprint density at radius 2 is 2.32 bits per heavy atom. The maximum Gasteiger partial charge on any atom is 0.313 e. The standard InChI is InChI=1S/C12H16N4O3/c1-8(13)3-4-15-10-6-11(16(17)18)12(19-2)5-9(10)7-14-15/h5-8H,3-4,13H2,1-2H3. The highest BCUT2D eigenvalue weighted by atomic mass is 16.6. The smallest absolute Gasteiger partial charge is 0.313 e. The molecule has 7 heteroatoms. The molecule has 2 aromatic rings. The molecule has 1 heterocycles. The summed E-state index contributed by atoms with van der Waals surface area (Å²) in [6, 6.07) is 3.18. The van der Waals surface area contributed by atoms with Crippen LogP contribution in [0.15, 0.2) is 18.3 Å². The molecule has 0 bridgehead atoms. The number of hydrogen-bond donors (Lipinski definition) is 1. The van der Waals surface area contributed by atoms with Crippen molar-refractivity contribution in [1.29, 1.82) is 0 Å². The normalized spacial score (nSPS) is 12.6. The van der Waals surface area contributed by atoms with Crippen LogP contribution in [0.4, 0.5) is 5.69 Å². The van der Waals surface area contributed by atoms with E-state index in [1.165, 1.54) is 13.2 Å². The Hall–Kier alpha value is -2.15. The predicted molar refractivity (Wildman–Crippen MR) is 71.2 cm³/mol. The Kier molecular flexibility index (Phi) is 3.66. The van der Waals surface area contributed by atoms with E-state index in [0.29, 0.717) is 12.1 Å². The zero-order chi connectivity index (χ0) is 14.0. The van der Waals surface area contributed by atoms with E-state index in [1.54, 1.807) is 16.9 Å². The summed E-state index contributed by atoms with van der Waals surface area (Å²) in [6.07, 6.45) is 2.43. The number of nitrogens with zero attached hydrogens (tertiary/aromatic N) is 3. The predicted octanol–water partition coefficient (Wildman–Crippen LogP) is 1.69. The molecular weight excluding hydrogens is 248 g/mol. The van der Waals surface area contributed by atoms with Crippen molar-refractivity contribution in [2.75, 3.05) is 7.11 Å². The SMILES string of the molecule is COc1cc2cnn(CCC(C)N)c2cc1[N+](=O)[O-].